The van der Waals surface area contributed by atoms with Crippen molar-refractivity contribution in [3.05, 3.63) is 15.9 Å². The summed E-state index contributed by atoms with van der Waals surface area (Å²) in [5, 5.41) is 3.33. The lowest BCUT2D eigenvalue weighted by atomic mass is 10.1. The van der Waals surface area contributed by atoms with E-state index in [9.17, 15) is 0 Å². The summed E-state index contributed by atoms with van der Waals surface area (Å²) in [6.07, 6.45) is 3.56. The van der Waals surface area contributed by atoms with E-state index >= 15 is 0 Å². The number of nitrogens with one attached hydrogen (secondary N) is 2. The van der Waals surface area contributed by atoms with Crippen molar-refractivity contribution >= 4 is 18.2 Å². The third kappa shape index (κ3) is 1.74. The van der Waals surface area contributed by atoms with Crippen LogP contribution in [0.4, 0.5) is 5.95 Å². The van der Waals surface area contributed by atoms with Gasteiger partial charge in [0.15, 0.2) is 0 Å². The van der Waals surface area contributed by atoms with Gasteiger partial charge in [0.25, 0.3) is 0 Å². The van der Waals surface area contributed by atoms with Crippen LogP contribution in [0.2, 0.25) is 0 Å². The molecule has 0 spiro atoms. The molecule has 2 N–H and O–H groups in total. The number of H-pyrrole nitrogens is 1. The van der Waals surface area contributed by atoms with Crippen LogP contribution in [0, 0.1) is 4.64 Å². The first-order chi connectivity index (χ1) is 7.84. The lowest BCUT2D eigenvalue weighted by Gasteiger charge is -2.21. The Balaban J connectivity index is 2.01. The minimum absolute atomic E-state index is 0.767. The topological polar surface area (TPSA) is 44.0 Å². The summed E-state index contributed by atoms with van der Waals surface area (Å²) in [6, 6.07) is 0. The van der Waals surface area contributed by atoms with Crippen LogP contribution in [0.5, 0.6) is 0 Å². The summed E-state index contributed by atoms with van der Waals surface area (Å²) >= 11 is 5.36. The Morgan fingerprint density at radius 1 is 1.25 bits per heavy atom. The number of anilines is 1. The van der Waals surface area contributed by atoms with Gasteiger partial charge >= 0.3 is 0 Å². The molecule has 1 fully saturated rings. The zero-order valence-corrected chi connectivity index (χ0v) is 10.1. The van der Waals surface area contributed by atoms with Crippen LogP contribution in [0.25, 0.3) is 0 Å². The van der Waals surface area contributed by atoms with Crippen LogP contribution in [-0.2, 0) is 13.0 Å². The number of aromatic nitrogens is 2. The fraction of sp³-hybridized carbons (Fsp3) is 0.636. The molecule has 2 aliphatic rings. The monoisotopic (exact) mass is 236 g/mol. The van der Waals surface area contributed by atoms with Crippen LogP contribution in [-0.4, -0.2) is 29.6 Å². The van der Waals surface area contributed by atoms with Crippen LogP contribution < -0.4 is 10.2 Å². The van der Waals surface area contributed by atoms with E-state index in [0.717, 1.165) is 43.2 Å². The summed E-state index contributed by atoms with van der Waals surface area (Å²) in [5.41, 5.74) is 2.46. The molecule has 1 aromatic heterocycles. The summed E-state index contributed by atoms with van der Waals surface area (Å²) in [6.45, 7) is 4.10. The van der Waals surface area contributed by atoms with Crippen molar-refractivity contribution in [2.24, 2.45) is 0 Å². The van der Waals surface area contributed by atoms with Crippen molar-refractivity contribution in [2.75, 3.05) is 24.5 Å². The van der Waals surface area contributed by atoms with E-state index in [1.54, 1.807) is 0 Å². The first kappa shape index (κ1) is 10.2. The molecule has 16 heavy (non-hydrogen) atoms. The van der Waals surface area contributed by atoms with Crippen molar-refractivity contribution in [2.45, 2.75) is 25.8 Å². The van der Waals surface area contributed by atoms with E-state index in [1.807, 2.05) is 0 Å². The fourth-order valence-electron chi connectivity index (χ4n) is 2.43. The molecule has 0 radical (unpaired) electrons. The first-order valence-corrected chi connectivity index (χ1v) is 6.33. The maximum atomic E-state index is 5.36. The number of hydrogen-bond donors (Lipinski definition) is 2. The Hall–Kier alpha value is -0.940. The second-order valence-electron chi connectivity index (χ2n) is 4.44. The van der Waals surface area contributed by atoms with Crippen LogP contribution in [0.1, 0.15) is 24.1 Å². The standard InChI is InChI=1S/C11H16N4S/c16-10-8-7-12-4-3-9(8)13-11(14-10)15-5-1-2-6-15/h12H,1-7H2,(H,13,14,16). The van der Waals surface area contributed by atoms with Gasteiger partial charge in [0, 0.05) is 43.9 Å². The van der Waals surface area contributed by atoms with E-state index in [-0.39, 0.29) is 0 Å². The minimum atomic E-state index is 0.767. The second kappa shape index (κ2) is 4.14. The van der Waals surface area contributed by atoms with E-state index in [1.165, 1.54) is 24.1 Å². The van der Waals surface area contributed by atoms with E-state index in [4.69, 9.17) is 12.2 Å². The molecule has 0 aliphatic carbocycles. The molecule has 3 heterocycles. The van der Waals surface area contributed by atoms with E-state index < -0.39 is 0 Å². The zero-order chi connectivity index (χ0) is 11.0. The molecule has 4 nitrogen and oxygen atoms in total. The highest BCUT2D eigenvalue weighted by Gasteiger charge is 2.18. The second-order valence-corrected chi connectivity index (χ2v) is 4.83. The van der Waals surface area contributed by atoms with E-state index in [2.05, 4.69) is 20.2 Å². The Bertz CT molecular complexity index is 448. The Morgan fingerprint density at radius 2 is 2.06 bits per heavy atom. The van der Waals surface area contributed by atoms with Gasteiger partial charge in [0.05, 0.1) is 0 Å². The zero-order valence-electron chi connectivity index (χ0n) is 9.25. The van der Waals surface area contributed by atoms with Gasteiger partial charge in [-0.1, -0.05) is 12.2 Å². The number of rotatable bonds is 1. The van der Waals surface area contributed by atoms with Crippen LogP contribution in [0.3, 0.4) is 0 Å². The molecule has 0 saturated carbocycles. The number of nitrogens with zero attached hydrogens (tertiary/aromatic N) is 2. The molecule has 0 unspecified atom stereocenters. The van der Waals surface area contributed by atoms with E-state index in [0.29, 0.717) is 0 Å². The molecule has 0 atom stereocenters. The average molecular weight is 236 g/mol. The summed E-state index contributed by atoms with van der Waals surface area (Å²) in [7, 11) is 0. The first-order valence-electron chi connectivity index (χ1n) is 5.92. The molecule has 1 aromatic rings. The minimum Gasteiger partial charge on any atom is -0.342 e. The molecule has 1 saturated heterocycles. The van der Waals surface area contributed by atoms with Gasteiger partial charge in [0.1, 0.15) is 4.64 Å². The summed E-state index contributed by atoms with van der Waals surface area (Å²) in [5.74, 6) is 0.975. The molecule has 5 heteroatoms. The Morgan fingerprint density at radius 3 is 2.88 bits per heavy atom. The summed E-state index contributed by atoms with van der Waals surface area (Å²) in [4.78, 5) is 10.3. The number of hydrogen-bond acceptors (Lipinski definition) is 4. The van der Waals surface area contributed by atoms with Gasteiger partial charge in [0.2, 0.25) is 5.95 Å². The molecule has 3 rings (SSSR count). The molecule has 0 aromatic carbocycles. The third-order valence-electron chi connectivity index (χ3n) is 3.35. The molecule has 2 aliphatic heterocycles. The molecular weight excluding hydrogens is 220 g/mol. The fourth-order valence-corrected chi connectivity index (χ4v) is 2.71. The van der Waals surface area contributed by atoms with Crippen LogP contribution in [0.15, 0.2) is 0 Å². The van der Waals surface area contributed by atoms with Gasteiger partial charge < -0.3 is 15.2 Å². The van der Waals surface area contributed by atoms with Gasteiger partial charge in [-0.05, 0) is 12.8 Å². The molecule has 86 valence electrons. The molecular formula is C11H16N4S. The van der Waals surface area contributed by atoms with Gasteiger partial charge in [-0.15, -0.1) is 0 Å². The SMILES string of the molecule is S=c1nc(N2CCCC2)[nH]c2c1CNCC2. The van der Waals surface area contributed by atoms with Gasteiger partial charge in [-0.2, -0.15) is 0 Å². The largest absolute Gasteiger partial charge is 0.342 e. The smallest absolute Gasteiger partial charge is 0.204 e. The third-order valence-corrected chi connectivity index (χ3v) is 3.69. The predicted molar refractivity (Wildman–Crippen MR) is 66.3 cm³/mol. The van der Waals surface area contributed by atoms with Crippen molar-refractivity contribution in [3.8, 4) is 0 Å². The van der Waals surface area contributed by atoms with Gasteiger partial charge in [-0.3, -0.25) is 0 Å². The average Bonchev–Trinajstić information content (AvgIpc) is 2.82. The lowest BCUT2D eigenvalue weighted by molar-refractivity contribution is 0.622. The normalized spacial score (nSPS) is 19.9. The maximum absolute atomic E-state index is 5.36. The van der Waals surface area contributed by atoms with Gasteiger partial charge in [-0.25, -0.2) is 4.98 Å². The highest BCUT2D eigenvalue weighted by Crippen LogP contribution is 2.19. The predicted octanol–water partition coefficient (Wildman–Crippen LogP) is 1.39. The summed E-state index contributed by atoms with van der Waals surface area (Å²) < 4.78 is 0.767. The molecule has 0 bridgehead atoms. The van der Waals surface area contributed by atoms with Crippen LogP contribution >= 0.6 is 12.2 Å². The number of aromatic amines is 1. The Kier molecular flexibility index (Phi) is 2.65. The Labute approximate surface area is 100 Å². The van der Waals surface area contributed by atoms with Crippen molar-refractivity contribution in [1.29, 1.82) is 0 Å². The maximum Gasteiger partial charge on any atom is 0.204 e. The van der Waals surface area contributed by atoms with Crippen molar-refractivity contribution in [3.63, 3.8) is 0 Å². The van der Waals surface area contributed by atoms with Crippen molar-refractivity contribution in [1.82, 2.24) is 15.3 Å². The molecule has 0 amide bonds. The van der Waals surface area contributed by atoms with Crippen molar-refractivity contribution < 1.29 is 0 Å². The highest BCUT2D eigenvalue weighted by atomic mass is 32.1. The lowest BCUT2D eigenvalue weighted by Crippen LogP contribution is -2.28. The quantitative estimate of drug-likeness (QED) is 0.723. The number of fused-ring (bicyclic) bond motifs is 1. The highest BCUT2D eigenvalue weighted by molar-refractivity contribution is 7.71.